The summed E-state index contributed by atoms with van der Waals surface area (Å²) in [5.74, 6) is 0.687. The highest BCUT2D eigenvalue weighted by Gasteiger charge is 2.16. The van der Waals surface area contributed by atoms with Crippen molar-refractivity contribution in [3.05, 3.63) is 40.7 Å². The van der Waals surface area contributed by atoms with Gasteiger partial charge >= 0.3 is 0 Å². The smallest absolute Gasteiger partial charge is 0.254 e. The number of nitrogens with zero attached hydrogens (tertiary/aromatic N) is 3. The molecule has 2 aromatic rings. The molecule has 0 unspecified atom stereocenters. The van der Waals surface area contributed by atoms with Crippen LogP contribution in [0.2, 0.25) is 0 Å². The Labute approximate surface area is 117 Å². The Morgan fingerprint density at radius 3 is 3.10 bits per heavy atom. The van der Waals surface area contributed by atoms with Crippen LogP contribution in [0, 0.1) is 6.92 Å². The van der Waals surface area contributed by atoms with E-state index in [0.717, 1.165) is 24.4 Å². The highest BCUT2D eigenvalue weighted by atomic mass is 16.1. The third kappa shape index (κ3) is 2.54. The number of carbonyl (C=O) groups excluding carboxylic acids is 1. The highest BCUT2D eigenvalue weighted by molar-refractivity contribution is 5.93. The van der Waals surface area contributed by atoms with Gasteiger partial charge in [0.15, 0.2) is 0 Å². The number of aromatic amines is 1. The van der Waals surface area contributed by atoms with Crippen LogP contribution in [-0.2, 0) is 19.3 Å². The third-order valence-electron chi connectivity index (χ3n) is 3.58. The zero-order chi connectivity index (χ0) is 13.9. The Morgan fingerprint density at radius 2 is 2.30 bits per heavy atom. The van der Waals surface area contributed by atoms with Crippen LogP contribution in [0.4, 0.5) is 0 Å². The molecule has 20 heavy (non-hydrogen) atoms. The predicted octanol–water partition coefficient (Wildman–Crippen LogP) is 0.969. The van der Waals surface area contributed by atoms with E-state index in [1.54, 1.807) is 6.20 Å². The van der Waals surface area contributed by atoms with Crippen LogP contribution in [0.1, 0.15) is 39.6 Å². The quantitative estimate of drug-likeness (QED) is 0.868. The van der Waals surface area contributed by atoms with Gasteiger partial charge in [-0.25, -0.2) is 9.97 Å². The number of rotatable bonds is 4. The summed E-state index contributed by atoms with van der Waals surface area (Å²) in [5, 5.41) is 9.21. The number of hydrogen-bond donors (Lipinski definition) is 2. The molecule has 0 aromatic carbocycles. The Balaban J connectivity index is 1.59. The van der Waals surface area contributed by atoms with Gasteiger partial charge in [-0.15, -0.1) is 0 Å². The normalized spacial score (nSPS) is 13.2. The van der Waals surface area contributed by atoms with Crippen LogP contribution in [0.15, 0.2) is 12.4 Å². The van der Waals surface area contributed by atoms with Crippen molar-refractivity contribution in [2.45, 2.75) is 32.6 Å². The van der Waals surface area contributed by atoms with E-state index >= 15 is 0 Å². The van der Waals surface area contributed by atoms with Gasteiger partial charge in [0.1, 0.15) is 5.82 Å². The van der Waals surface area contributed by atoms with Crippen molar-refractivity contribution in [1.82, 2.24) is 25.5 Å². The van der Waals surface area contributed by atoms with Crippen molar-refractivity contribution >= 4 is 5.91 Å². The van der Waals surface area contributed by atoms with Gasteiger partial charge in [-0.05, 0) is 31.7 Å². The lowest BCUT2D eigenvalue weighted by atomic mass is 10.2. The van der Waals surface area contributed by atoms with Gasteiger partial charge in [-0.2, -0.15) is 5.10 Å². The summed E-state index contributed by atoms with van der Waals surface area (Å²) in [4.78, 5) is 20.9. The maximum absolute atomic E-state index is 11.7. The molecule has 6 heteroatoms. The van der Waals surface area contributed by atoms with Crippen LogP contribution in [-0.4, -0.2) is 32.6 Å². The Bertz CT molecular complexity index is 621. The molecule has 2 heterocycles. The molecule has 0 spiro atoms. The molecule has 0 radical (unpaired) electrons. The molecule has 0 bridgehead atoms. The van der Waals surface area contributed by atoms with Gasteiger partial charge in [0.2, 0.25) is 0 Å². The summed E-state index contributed by atoms with van der Waals surface area (Å²) in [5.41, 5.74) is 4.13. The minimum atomic E-state index is -0.128. The average molecular weight is 271 g/mol. The first-order valence-corrected chi connectivity index (χ1v) is 6.86. The maximum Gasteiger partial charge on any atom is 0.254 e. The summed E-state index contributed by atoms with van der Waals surface area (Å²) < 4.78 is 0. The van der Waals surface area contributed by atoms with Crippen molar-refractivity contribution in [3.8, 4) is 0 Å². The molecule has 2 aromatic heterocycles. The molecule has 1 aliphatic rings. The molecule has 1 aliphatic carbocycles. The Kier molecular flexibility index (Phi) is 3.45. The van der Waals surface area contributed by atoms with Crippen LogP contribution in [0.3, 0.4) is 0 Å². The highest BCUT2D eigenvalue weighted by Crippen LogP contribution is 2.22. The summed E-state index contributed by atoms with van der Waals surface area (Å²) >= 11 is 0. The van der Waals surface area contributed by atoms with Crippen molar-refractivity contribution in [3.63, 3.8) is 0 Å². The van der Waals surface area contributed by atoms with Crippen molar-refractivity contribution in [2.24, 2.45) is 0 Å². The van der Waals surface area contributed by atoms with Crippen LogP contribution in [0.25, 0.3) is 0 Å². The molecule has 6 nitrogen and oxygen atoms in total. The fourth-order valence-corrected chi connectivity index (χ4v) is 2.56. The number of carbonyl (C=O) groups is 1. The summed E-state index contributed by atoms with van der Waals surface area (Å²) in [6.07, 6.45) is 7.05. The second-order valence-electron chi connectivity index (χ2n) is 5.00. The Hall–Kier alpha value is -2.24. The maximum atomic E-state index is 11.7. The van der Waals surface area contributed by atoms with Crippen LogP contribution >= 0.6 is 0 Å². The van der Waals surface area contributed by atoms with E-state index < -0.39 is 0 Å². The molecule has 1 amide bonds. The molecule has 2 N–H and O–H groups in total. The first-order valence-electron chi connectivity index (χ1n) is 6.86. The van der Waals surface area contributed by atoms with E-state index in [0.29, 0.717) is 18.5 Å². The van der Waals surface area contributed by atoms with Gasteiger partial charge in [-0.3, -0.25) is 9.89 Å². The first-order chi connectivity index (χ1) is 9.74. The minimum Gasteiger partial charge on any atom is -0.351 e. The average Bonchev–Trinajstić information content (AvgIpc) is 3.09. The molecule has 0 saturated carbocycles. The number of H-pyrrole nitrogens is 1. The Morgan fingerprint density at radius 1 is 1.40 bits per heavy atom. The molecule has 3 rings (SSSR count). The topological polar surface area (TPSA) is 83.6 Å². The van der Waals surface area contributed by atoms with Crippen molar-refractivity contribution in [2.75, 3.05) is 6.54 Å². The lowest BCUT2D eigenvalue weighted by Gasteiger charge is -2.07. The van der Waals surface area contributed by atoms with E-state index in [1.165, 1.54) is 23.9 Å². The van der Waals surface area contributed by atoms with Crippen molar-refractivity contribution < 1.29 is 4.79 Å². The van der Waals surface area contributed by atoms with Gasteiger partial charge in [0.25, 0.3) is 5.91 Å². The molecule has 0 atom stereocenters. The van der Waals surface area contributed by atoms with E-state index in [4.69, 9.17) is 0 Å². The molecule has 0 saturated heterocycles. The zero-order valence-electron chi connectivity index (χ0n) is 11.4. The third-order valence-corrected chi connectivity index (χ3v) is 3.58. The summed E-state index contributed by atoms with van der Waals surface area (Å²) in [7, 11) is 0. The van der Waals surface area contributed by atoms with Crippen molar-refractivity contribution in [1.29, 1.82) is 0 Å². The van der Waals surface area contributed by atoms with E-state index in [1.807, 2.05) is 6.92 Å². The number of fused-ring (bicyclic) bond motifs is 1. The molecule has 0 aliphatic heterocycles. The second kappa shape index (κ2) is 5.40. The minimum absolute atomic E-state index is 0.128. The molecular formula is C14H17N5O. The fraction of sp³-hybridized carbons (Fsp3) is 0.429. The van der Waals surface area contributed by atoms with Gasteiger partial charge in [0, 0.05) is 30.6 Å². The van der Waals surface area contributed by atoms with Gasteiger partial charge in [0.05, 0.1) is 11.8 Å². The predicted molar refractivity (Wildman–Crippen MR) is 73.4 cm³/mol. The van der Waals surface area contributed by atoms with Gasteiger partial charge in [-0.1, -0.05) is 0 Å². The second-order valence-corrected chi connectivity index (χ2v) is 5.00. The molecular weight excluding hydrogens is 254 g/mol. The number of hydrogen-bond acceptors (Lipinski definition) is 4. The number of aromatic nitrogens is 4. The van der Waals surface area contributed by atoms with Crippen LogP contribution in [0.5, 0.6) is 0 Å². The lowest BCUT2D eigenvalue weighted by Crippen LogP contribution is -2.26. The lowest BCUT2D eigenvalue weighted by molar-refractivity contribution is 0.0954. The summed E-state index contributed by atoms with van der Waals surface area (Å²) in [6.45, 7) is 2.57. The van der Waals surface area contributed by atoms with E-state index in [9.17, 15) is 4.79 Å². The fourth-order valence-electron chi connectivity index (χ4n) is 2.56. The zero-order valence-corrected chi connectivity index (χ0v) is 11.4. The van der Waals surface area contributed by atoms with E-state index in [2.05, 4.69) is 25.5 Å². The SMILES string of the molecule is Cc1nc(CCNC(=O)c2cn[nH]c2)nc2c1CCC2. The number of nitrogens with one attached hydrogen (secondary N) is 2. The summed E-state index contributed by atoms with van der Waals surface area (Å²) in [6, 6.07) is 0. The van der Waals surface area contributed by atoms with Crippen LogP contribution < -0.4 is 5.32 Å². The molecule has 104 valence electrons. The number of aryl methyl sites for hydroxylation is 2. The molecule has 0 fully saturated rings. The monoisotopic (exact) mass is 271 g/mol. The first kappa shape index (κ1) is 12.8. The standard InChI is InChI=1S/C14H17N5O/c1-9-11-3-2-4-12(11)19-13(18-9)5-6-15-14(20)10-7-16-17-8-10/h7-8H,2-6H2,1H3,(H,15,20)(H,16,17). The largest absolute Gasteiger partial charge is 0.351 e. The van der Waals surface area contributed by atoms with E-state index in [-0.39, 0.29) is 5.91 Å². The van der Waals surface area contributed by atoms with Gasteiger partial charge < -0.3 is 5.32 Å². The number of amides is 1.